The number of nitrogens with one attached hydrogen (secondary N) is 3. The van der Waals surface area contributed by atoms with Crippen LogP contribution in [0, 0.1) is 0 Å². The van der Waals surface area contributed by atoms with Crippen LogP contribution < -0.4 is 15.5 Å². The molecule has 0 aromatic carbocycles. The maximum atomic E-state index is 13.8. The minimum Gasteiger partial charge on any atom is -0.377 e. The zero-order valence-electron chi connectivity index (χ0n) is 17.8. The molecule has 0 radical (unpaired) electrons. The molecular formula is C22H24F3N7O. The van der Waals surface area contributed by atoms with E-state index in [1.165, 1.54) is 0 Å². The first-order chi connectivity index (χ1) is 16.0. The molecule has 11 heteroatoms. The van der Waals surface area contributed by atoms with E-state index in [2.05, 4.69) is 30.5 Å². The summed E-state index contributed by atoms with van der Waals surface area (Å²) in [4.78, 5) is 18.3. The van der Waals surface area contributed by atoms with Crippen LogP contribution in [-0.2, 0) is 10.9 Å². The minimum atomic E-state index is -4.58. The fraction of sp³-hybridized carbons (Fsp3) is 0.500. The Labute approximate surface area is 188 Å². The first kappa shape index (κ1) is 20.7. The SMILES string of the molecule is FC(F)(F)c1cnc(NC2CCCNC2)nc1-c1c[nH]c2nc(N3C4COCC3C4)ccc12. The molecule has 3 aromatic heterocycles. The van der Waals surface area contributed by atoms with E-state index in [9.17, 15) is 13.2 Å². The fourth-order valence-corrected chi connectivity index (χ4v) is 5.07. The average Bonchev–Trinajstić information content (AvgIpc) is 3.23. The number of aromatic nitrogens is 4. The number of piperidine rings is 1. The van der Waals surface area contributed by atoms with Gasteiger partial charge in [-0.1, -0.05) is 0 Å². The lowest BCUT2D eigenvalue weighted by molar-refractivity contribution is -0.137. The summed E-state index contributed by atoms with van der Waals surface area (Å²) in [6.45, 7) is 3.01. The highest BCUT2D eigenvalue weighted by atomic mass is 19.4. The molecule has 3 aliphatic heterocycles. The Morgan fingerprint density at radius 2 is 2.00 bits per heavy atom. The molecule has 0 amide bonds. The fourth-order valence-electron chi connectivity index (χ4n) is 5.07. The largest absolute Gasteiger partial charge is 0.419 e. The molecular weight excluding hydrogens is 435 g/mol. The van der Waals surface area contributed by atoms with Crippen molar-refractivity contribution in [2.24, 2.45) is 0 Å². The summed E-state index contributed by atoms with van der Waals surface area (Å²) in [7, 11) is 0. The standard InChI is InChI=1S/C22H24F3N7O/c23-22(24,25)17-9-28-21(29-12-2-1-5-26-7-12)31-19(17)16-8-27-20-15(16)3-4-18(30-20)32-13-6-14(32)11-33-10-13/h3-4,8-9,12-14,26H,1-2,5-7,10-11H2,(H,27,30)(H,28,29,31). The van der Waals surface area contributed by atoms with Crippen molar-refractivity contribution in [3.05, 3.63) is 30.1 Å². The van der Waals surface area contributed by atoms with E-state index < -0.39 is 11.7 Å². The number of halogens is 3. The second-order valence-electron chi connectivity index (χ2n) is 8.90. The second-order valence-corrected chi connectivity index (χ2v) is 8.90. The van der Waals surface area contributed by atoms with E-state index in [4.69, 9.17) is 9.72 Å². The number of rotatable bonds is 4. The van der Waals surface area contributed by atoms with Gasteiger partial charge in [0.15, 0.2) is 0 Å². The van der Waals surface area contributed by atoms with Gasteiger partial charge in [0.1, 0.15) is 17.0 Å². The van der Waals surface area contributed by atoms with Gasteiger partial charge in [-0.2, -0.15) is 13.2 Å². The number of ether oxygens (including phenoxy) is 1. The lowest BCUT2D eigenvalue weighted by Gasteiger charge is -2.53. The van der Waals surface area contributed by atoms with Gasteiger partial charge in [-0.15, -0.1) is 0 Å². The number of hydrogen-bond acceptors (Lipinski definition) is 7. The molecule has 3 aliphatic rings. The Morgan fingerprint density at radius 3 is 2.73 bits per heavy atom. The third-order valence-corrected chi connectivity index (χ3v) is 6.72. The Hall–Kier alpha value is -2.92. The molecule has 6 heterocycles. The van der Waals surface area contributed by atoms with Crippen molar-refractivity contribution in [3.63, 3.8) is 0 Å². The Morgan fingerprint density at radius 1 is 1.15 bits per heavy atom. The monoisotopic (exact) mass is 459 g/mol. The number of pyridine rings is 1. The molecule has 174 valence electrons. The van der Waals surface area contributed by atoms with E-state index in [0.29, 0.717) is 41.9 Å². The first-order valence-electron chi connectivity index (χ1n) is 11.2. The lowest BCUT2D eigenvalue weighted by Crippen LogP contribution is -2.64. The molecule has 33 heavy (non-hydrogen) atoms. The van der Waals surface area contributed by atoms with Crippen LogP contribution >= 0.6 is 0 Å². The molecule has 0 spiro atoms. The van der Waals surface area contributed by atoms with Gasteiger partial charge in [-0.25, -0.2) is 15.0 Å². The molecule has 3 atom stereocenters. The van der Waals surface area contributed by atoms with Gasteiger partial charge in [0.05, 0.1) is 31.0 Å². The van der Waals surface area contributed by atoms with Gasteiger partial charge in [0.2, 0.25) is 5.95 Å². The first-order valence-corrected chi connectivity index (χ1v) is 11.2. The zero-order chi connectivity index (χ0) is 22.6. The summed E-state index contributed by atoms with van der Waals surface area (Å²) >= 11 is 0. The molecule has 3 N–H and O–H groups in total. The van der Waals surface area contributed by atoms with E-state index in [-0.39, 0.29) is 17.7 Å². The molecule has 8 nitrogen and oxygen atoms in total. The number of alkyl halides is 3. The molecule has 6 rings (SSSR count). The van der Waals surface area contributed by atoms with Gasteiger partial charge >= 0.3 is 6.18 Å². The van der Waals surface area contributed by atoms with E-state index >= 15 is 0 Å². The van der Waals surface area contributed by atoms with Crippen molar-refractivity contribution in [1.29, 1.82) is 0 Å². The molecule has 3 aromatic rings. The number of anilines is 2. The predicted octanol–water partition coefficient (Wildman–Crippen LogP) is 3.18. The molecule has 3 unspecified atom stereocenters. The number of H-pyrrole nitrogens is 1. The van der Waals surface area contributed by atoms with Gasteiger partial charge in [-0.3, -0.25) is 0 Å². The number of fused-ring (bicyclic) bond motifs is 3. The van der Waals surface area contributed by atoms with Gasteiger partial charge in [0, 0.05) is 35.9 Å². The second kappa shape index (κ2) is 7.84. The number of morpholine rings is 1. The third-order valence-electron chi connectivity index (χ3n) is 6.72. The van der Waals surface area contributed by atoms with E-state index in [1.54, 1.807) is 6.20 Å². The van der Waals surface area contributed by atoms with Gasteiger partial charge < -0.3 is 25.3 Å². The topological polar surface area (TPSA) is 91.0 Å². The maximum absolute atomic E-state index is 13.8. The number of hydrogen-bond donors (Lipinski definition) is 3. The summed E-state index contributed by atoms with van der Waals surface area (Å²) in [5.74, 6) is 1.00. The van der Waals surface area contributed by atoms with Crippen molar-refractivity contribution in [1.82, 2.24) is 25.3 Å². The quantitative estimate of drug-likeness (QED) is 0.552. The highest BCUT2D eigenvalue weighted by molar-refractivity contribution is 5.94. The summed E-state index contributed by atoms with van der Waals surface area (Å²) in [6.07, 6.45) is 0.820. The highest BCUT2D eigenvalue weighted by Gasteiger charge is 2.43. The van der Waals surface area contributed by atoms with Crippen molar-refractivity contribution in [2.75, 3.05) is 36.5 Å². The van der Waals surface area contributed by atoms with Gasteiger partial charge in [-0.05, 0) is 37.9 Å². The van der Waals surface area contributed by atoms with Crippen LogP contribution in [0.1, 0.15) is 24.8 Å². The Balaban J connectivity index is 1.37. The summed E-state index contributed by atoms with van der Waals surface area (Å²) in [6, 6.07) is 4.38. The average molecular weight is 459 g/mol. The zero-order valence-corrected chi connectivity index (χ0v) is 17.8. The van der Waals surface area contributed by atoms with Crippen molar-refractivity contribution in [3.8, 4) is 11.3 Å². The van der Waals surface area contributed by atoms with Crippen LogP contribution in [0.5, 0.6) is 0 Å². The van der Waals surface area contributed by atoms with Gasteiger partial charge in [0.25, 0.3) is 0 Å². The third kappa shape index (κ3) is 3.68. The van der Waals surface area contributed by atoms with E-state index in [0.717, 1.165) is 44.4 Å². The normalized spacial score (nSPS) is 25.2. The Bertz CT molecular complexity index is 1160. The number of nitrogens with zero attached hydrogens (tertiary/aromatic N) is 4. The van der Waals surface area contributed by atoms with Crippen LogP contribution in [0.25, 0.3) is 22.3 Å². The summed E-state index contributed by atoms with van der Waals surface area (Å²) in [5.41, 5.74) is -0.130. The molecule has 0 aliphatic carbocycles. The molecule has 2 bridgehead atoms. The van der Waals surface area contributed by atoms with E-state index in [1.807, 2.05) is 12.1 Å². The molecule has 0 saturated carbocycles. The molecule has 3 fully saturated rings. The van der Waals surface area contributed by atoms with Crippen molar-refractivity contribution >= 4 is 22.8 Å². The smallest absolute Gasteiger partial charge is 0.377 e. The van der Waals surface area contributed by atoms with Crippen LogP contribution in [0.3, 0.4) is 0 Å². The van der Waals surface area contributed by atoms with Crippen molar-refractivity contribution < 1.29 is 17.9 Å². The van der Waals surface area contributed by atoms with Crippen molar-refractivity contribution in [2.45, 2.75) is 43.6 Å². The predicted molar refractivity (Wildman–Crippen MR) is 117 cm³/mol. The van der Waals surface area contributed by atoms with Crippen LogP contribution in [0.4, 0.5) is 24.9 Å². The lowest BCUT2D eigenvalue weighted by atomic mass is 9.91. The minimum absolute atomic E-state index is 0.0792. The highest BCUT2D eigenvalue weighted by Crippen LogP contribution is 2.40. The summed E-state index contributed by atoms with van der Waals surface area (Å²) < 4.78 is 47.0. The summed E-state index contributed by atoms with van der Waals surface area (Å²) in [5, 5.41) is 7.04. The van der Waals surface area contributed by atoms with Crippen LogP contribution in [-0.4, -0.2) is 64.4 Å². The van der Waals surface area contributed by atoms with Crippen LogP contribution in [0.2, 0.25) is 0 Å². The van der Waals surface area contributed by atoms with Crippen LogP contribution in [0.15, 0.2) is 24.5 Å². The molecule has 3 saturated heterocycles. The number of aromatic amines is 1. The maximum Gasteiger partial charge on any atom is 0.419 e. The Kier molecular flexibility index (Phi) is 4.91.